The molecule has 32 heavy (non-hydrogen) atoms. The fraction of sp³-hybridized carbons (Fsp3) is 0.200. The Balaban J connectivity index is 1.19. The van der Waals surface area contributed by atoms with Crippen LogP contribution in [-0.2, 0) is 17.6 Å². The van der Waals surface area contributed by atoms with Crippen LogP contribution in [0.4, 0.5) is 5.13 Å². The van der Waals surface area contributed by atoms with E-state index in [2.05, 4.69) is 51.7 Å². The van der Waals surface area contributed by atoms with Gasteiger partial charge in [0.15, 0.2) is 5.13 Å². The SMILES string of the molecule is N#Cc1cc2c(nc1SCCC(=O)Nc1nc(-c3ccc4ccccc4c3)cs1)CCC2. The number of thiazole rings is 1. The number of nitrogens with one attached hydrogen (secondary N) is 1. The lowest BCUT2D eigenvalue weighted by Crippen LogP contribution is -2.12. The van der Waals surface area contributed by atoms with E-state index in [4.69, 9.17) is 0 Å². The molecular formula is C25H20N4OS2. The highest BCUT2D eigenvalue weighted by Gasteiger charge is 2.17. The Morgan fingerprint density at radius 1 is 1.12 bits per heavy atom. The lowest BCUT2D eigenvalue weighted by Gasteiger charge is -2.06. The number of pyridine rings is 1. The van der Waals surface area contributed by atoms with Gasteiger partial charge in [-0.25, -0.2) is 9.97 Å². The molecule has 0 spiro atoms. The summed E-state index contributed by atoms with van der Waals surface area (Å²) in [5.41, 5.74) is 4.78. The lowest BCUT2D eigenvalue weighted by atomic mass is 10.1. The monoisotopic (exact) mass is 456 g/mol. The normalized spacial score (nSPS) is 12.5. The van der Waals surface area contributed by atoms with Crippen molar-refractivity contribution in [2.24, 2.45) is 0 Å². The lowest BCUT2D eigenvalue weighted by molar-refractivity contribution is -0.115. The van der Waals surface area contributed by atoms with Crippen molar-refractivity contribution in [3.63, 3.8) is 0 Å². The quantitative estimate of drug-likeness (QED) is 0.369. The van der Waals surface area contributed by atoms with Crippen molar-refractivity contribution >= 4 is 44.9 Å². The second-order valence-electron chi connectivity index (χ2n) is 7.66. The number of benzene rings is 2. The minimum absolute atomic E-state index is 0.0865. The van der Waals surface area contributed by atoms with Crippen LogP contribution in [-0.4, -0.2) is 21.6 Å². The average molecular weight is 457 g/mol. The van der Waals surface area contributed by atoms with Gasteiger partial charge in [0.05, 0.1) is 11.3 Å². The molecule has 1 N–H and O–H groups in total. The molecule has 2 aromatic heterocycles. The van der Waals surface area contributed by atoms with Crippen LogP contribution in [0.15, 0.2) is 58.9 Å². The van der Waals surface area contributed by atoms with Gasteiger partial charge in [0, 0.05) is 28.8 Å². The maximum absolute atomic E-state index is 12.4. The average Bonchev–Trinajstić information content (AvgIpc) is 3.47. The molecule has 7 heteroatoms. The molecular weight excluding hydrogens is 436 g/mol. The van der Waals surface area contributed by atoms with Crippen LogP contribution in [0.25, 0.3) is 22.0 Å². The van der Waals surface area contributed by atoms with Gasteiger partial charge < -0.3 is 5.32 Å². The summed E-state index contributed by atoms with van der Waals surface area (Å²) in [6, 6.07) is 18.7. The van der Waals surface area contributed by atoms with E-state index >= 15 is 0 Å². The second kappa shape index (κ2) is 9.11. The molecule has 158 valence electrons. The van der Waals surface area contributed by atoms with Crippen LogP contribution in [0.5, 0.6) is 0 Å². The molecule has 1 amide bonds. The summed E-state index contributed by atoms with van der Waals surface area (Å²) < 4.78 is 0. The number of carbonyl (C=O) groups excluding carboxylic acids is 1. The summed E-state index contributed by atoms with van der Waals surface area (Å²) in [4.78, 5) is 21.7. The molecule has 1 aliphatic rings. The molecule has 5 rings (SSSR count). The van der Waals surface area contributed by atoms with Crippen molar-refractivity contribution in [3.05, 3.63) is 70.7 Å². The first-order valence-electron chi connectivity index (χ1n) is 10.5. The molecule has 0 saturated carbocycles. The van der Waals surface area contributed by atoms with E-state index in [0.29, 0.717) is 22.9 Å². The van der Waals surface area contributed by atoms with E-state index in [0.717, 1.165) is 46.6 Å². The van der Waals surface area contributed by atoms with E-state index in [9.17, 15) is 10.1 Å². The fourth-order valence-corrected chi connectivity index (χ4v) is 5.53. The van der Waals surface area contributed by atoms with Gasteiger partial charge in [-0.2, -0.15) is 5.26 Å². The zero-order chi connectivity index (χ0) is 21.9. The van der Waals surface area contributed by atoms with E-state index < -0.39 is 0 Å². The van der Waals surface area contributed by atoms with Crippen LogP contribution >= 0.6 is 23.1 Å². The number of amides is 1. The van der Waals surface area contributed by atoms with Crippen LogP contribution in [0.3, 0.4) is 0 Å². The zero-order valence-corrected chi connectivity index (χ0v) is 18.9. The Hall–Kier alpha value is -3.21. The highest BCUT2D eigenvalue weighted by Crippen LogP contribution is 2.29. The van der Waals surface area contributed by atoms with Gasteiger partial charge in [-0.15, -0.1) is 23.1 Å². The third-order valence-corrected chi connectivity index (χ3v) is 7.25. The molecule has 0 fully saturated rings. The van der Waals surface area contributed by atoms with Gasteiger partial charge in [0.25, 0.3) is 0 Å². The number of anilines is 1. The zero-order valence-electron chi connectivity index (χ0n) is 17.3. The van der Waals surface area contributed by atoms with Crippen molar-refractivity contribution in [1.29, 1.82) is 5.26 Å². The van der Waals surface area contributed by atoms with Crippen molar-refractivity contribution < 1.29 is 4.79 Å². The first-order chi connectivity index (χ1) is 15.7. The number of nitriles is 1. The highest BCUT2D eigenvalue weighted by atomic mass is 32.2. The number of hydrogen-bond donors (Lipinski definition) is 1. The van der Waals surface area contributed by atoms with Gasteiger partial charge in [-0.1, -0.05) is 36.4 Å². The van der Waals surface area contributed by atoms with Gasteiger partial charge in [-0.3, -0.25) is 4.79 Å². The first kappa shape index (κ1) is 20.7. The van der Waals surface area contributed by atoms with Gasteiger partial charge >= 0.3 is 0 Å². The Morgan fingerprint density at radius 2 is 2.00 bits per heavy atom. The Bertz CT molecular complexity index is 1360. The number of rotatable bonds is 6. The number of nitrogens with zero attached hydrogens (tertiary/aromatic N) is 3. The molecule has 1 aliphatic carbocycles. The predicted molar refractivity (Wildman–Crippen MR) is 130 cm³/mol. The summed E-state index contributed by atoms with van der Waals surface area (Å²) in [5, 5.41) is 18.0. The Labute approximate surface area is 194 Å². The molecule has 0 atom stereocenters. The Kier molecular flexibility index (Phi) is 5.89. The standard InChI is InChI=1S/C25H20N4OS2/c26-14-20-13-18-6-3-7-21(18)27-24(20)31-11-10-23(30)29-25-28-22(15-32-25)19-9-8-16-4-1-2-5-17(16)12-19/h1-2,4-5,8-9,12-13,15H,3,6-7,10-11H2,(H,28,29,30). The number of aryl methyl sites for hydroxylation is 2. The van der Waals surface area contributed by atoms with E-state index in [1.54, 1.807) is 0 Å². The molecule has 5 nitrogen and oxygen atoms in total. The summed E-state index contributed by atoms with van der Waals surface area (Å²) in [6.07, 6.45) is 3.40. The molecule has 0 aliphatic heterocycles. The maximum atomic E-state index is 12.4. The predicted octanol–water partition coefficient (Wildman–Crippen LogP) is 5.84. The third-order valence-electron chi connectivity index (χ3n) is 5.50. The van der Waals surface area contributed by atoms with Gasteiger partial charge in [0.2, 0.25) is 5.91 Å². The highest BCUT2D eigenvalue weighted by molar-refractivity contribution is 7.99. The van der Waals surface area contributed by atoms with Crippen LogP contribution < -0.4 is 5.32 Å². The van der Waals surface area contributed by atoms with Crippen molar-refractivity contribution in [2.45, 2.75) is 30.7 Å². The number of carbonyl (C=O) groups is 1. The van der Waals surface area contributed by atoms with Crippen LogP contribution in [0.2, 0.25) is 0 Å². The minimum Gasteiger partial charge on any atom is -0.302 e. The summed E-state index contributed by atoms with van der Waals surface area (Å²) in [7, 11) is 0. The largest absolute Gasteiger partial charge is 0.302 e. The first-order valence-corrected chi connectivity index (χ1v) is 12.4. The van der Waals surface area contributed by atoms with Crippen molar-refractivity contribution in [3.8, 4) is 17.3 Å². The molecule has 0 radical (unpaired) electrons. The molecule has 0 unspecified atom stereocenters. The topological polar surface area (TPSA) is 78.7 Å². The molecule has 0 bridgehead atoms. The number of hydrogen-bond acceptors (Lipinski definition) is 6. The molecule has 2 heterocycles. The van der Waals surface area contributed by atoms with E-state index in [1.165, 1.54) is 34.0 Å². The summed E-state index contributed by atoms with van der Waals surface area (Å²) in [6.45, 7) is 0. The van der Waals surface area contributed by atoms with Gasteiger partial charge in [-0.05, 0) is 47.7 Å². The molecule has 4 aromatic rings. The van der Waals surface area contributed by atoms with Crippen LogP contribution in [0.1, 0.15) is 29.7 Å². The second-order valence-corrected chi connectivity index (χ2v) is 9.60. The number of aromatic nitrogens is 2. The smallest absolute Gasteiger partial charge is 0.226 e. The number of fused-ring (bicyclic) bond motifs is 2. The minimum atomic E-state index is -0.0865. The third kappa shape index (κ3) is 4.38. The van der Waals surface area contributed by atoms with Crippen molar-refractivity contribution in [1.82, 2.24) is 9.97 Å². The van der Waals surface area contributed by atoms with E-state index in [1.807, 2.05) is 23.6 Å². The fourth-order valence-electron chi connectivity index (χ4n) is 3.88. The van der Waals surface area contributed by atoms with Crippen molar-refractivity contribution in [2.75, 3.05) is 11.1 Å². The summed E-state index contributed by atoms with van der Waals surface area (Å²) in [5.74, 6) is 0.478. The Morgan fingerprint density at radius 3 is 2.88 bits per heavy atom. The number of thioether (sulfide) groups is 1. The van der Waals surface area contributed by atoms with Gasteiger partial charge in [0.1, 0.15) is 11.1 Å². The maximum Gasteiger partial charge on any atom is 0.226 e. The molecule has 0 saturated heterocycles. The summed E-state index contributed by atoms with van der Waals surface area (Å²) >= 11 is 2.89. The van der Waals surface area contributed by atoms with Crippen LogP contribution in [0, 0.1) is 11.3 Å². The molecule has 2 aromatic carbocycles. The van der Waals surface area contributed by atoms with E-state index in [-0.39, 0.29) is 5.91 Å².